The number of hydrogen-bond donors (Lipinski definition) is 0. The molecule has 2 aromatic carbocycles. The van der Waals surface area contributed by atoms with Gasteiger partial charge in [-0.3, -0.25) is 9.97 Å². The number of ether oxygens (including phenoxy) is 2. The van der Waals surface area contributed by atoms with E-state index >= 15 is 0 Å². The van der Waals surface area contributed by atoms with Gasteiger partial charge in [0.15, 0.2) is 0 Å². The Morgan fingerprint density at radius 2 is 1.03 bits per heavy atom. The van der Waals surface area contributed by atoms with Gasteiger partial charge >= 0.3 is 11.9 Å². The van der Waals surface area contributed by atoms with Crippen LogP contribution in [0.3, 0.4) is 0 Å². The van der Waals surface area contributed by atoms with E-state index in [-0.39, 0.29) is 0 Å². The third-order valence-corrected chi connectivity index (χ3v) is 5.05. The fourth-order valence-corrected chi connectivity index (χ4v) is 3.52. The molecular weight excluding hydrogens is 404 g/mol. The summed E-state index contributed by atoms with van der Waals surface area (Å²) in [4.78, 5) is 33.3. The molecule has 0 fully saturated rings. The molecule has 4 aromatic rings. The maximum Gasteiger partial charge on any atom is 0.337 e. The summed E-state index contributed by atoms with van der Waals surface area (Å²) in [5.41, 5.74) is 5.45. The molecule has 6 nitrogen and oxygen atoms in total. The first kappa shape index (κ1) is 20.9. The first-order valence-electron chi connectivity index (χ1n) is 9.90. The number of pyridine rings is 2. The van der Waals surface area contributed by atoms with Gasteiger partial charge in [0.1, 0.15) is 0 Å². The molecular formula is C26H20N2O4. The predicted octanol–water partition coefficient (Wildman–Crippen LogP) is 5.05. The lowest BCUT2D eigenvalue weighted by Crippen LogP contribution is -2.04. The predicted molar refractivity (Wildman–Crippen MR) is 121 cm³/mol. The molecule has 0 radical (unpaired) electrons. The maximum absolute atomic E-state index is 12.2. The van der Waals surface area contributed by atoms with Crippen LogP contribution in [0.5, 0.6) is 0 Å². The van der Waals surface area contributed by atoms with Crippen molar-refractivity contribution in [3.8, 4) is 33.6 Å². The molecule has 0 saturated carbocycles. The van der Waals surface area contributed by atoms with Gasteiger partial charge in [-0.1, -0.05) is 24.3 Å². The summed E-state index contributed by atoms with van der Waals surface area (Å²) in [7, 11) is 2.70. The van der Waals surface area contributed by atoms with Gasteiger partial charge in [0.25, 0.3) is 0 Å². The SMILES string of the molecule is COC(=O)c1ccc(-c2ccc(C(=O)OC)cc2-c2ccccn2)c(-c2ccccn2)c1. The maximum atomic E-state index is 12.2. The summed E-state index contributed by atoms with van der Waals surface area (Å²) in [6.07, 6.45) is 3.40. The van der Waals surface area contributed by atoms with E-state index in [0.29, 0.717) is 22.5 Å². The zero-order valence-corrected chi connectivity index (χ0v) is 17.6. The van der Waals surface area contributed by atoms with E-state index in [1.165, 1.54) is 14.2 Å². The third-order valence-electron chi connectivity index (χ3n) is 5.05. The van der Waals surface area contributed by atoms with E-state index in [1.54, 1.807) is 36.7 Å². The molecule has 0 unspecified atom stereocenters. The molecule has 0 aliphatic rings. The monoisotopic (exact) mass is 424 g/mol. The van der Waals surface area contributed by atoms with Crippen molar-refractivity contribution in [2.45, 2.75) is 0 Å². The zero-order chi connectivity index (χ0) is 22.5. The van der Waals surface area contributed by atoms with Crippen LogP contribution in [0.4, 0.5) is 0 Å². The number of esters is 2. The Morgan fingerprint density at radius 3 is 1.38 bits per heavy atom. The van der Waals surface area contributed by atoms with Crippen molar-refractivity contribution < 1.29 is 19.1 Å². The lowest BCUT2D eigenvalue weighted by Gasteiger charge is -2.16. The smallest absolute Gasteiger partial charge is 0.337 e. The molecule has 0 bridgehead atoms. The van der Waals surface area contributed by atoms with E-state index in [9.17, 15) is 9.59 Å². The largest absolute Gasteiger partial charge is 0.465 e. The van der Waals surface area contributed by atoms with E-state index in [0.717, 1.165) is 22.3 Å². The van der Waals surface area contributed by atoms with Crippen LogP contribution in [0.25, 0.3) is 33.6 Å². The zero-order valence-electron chi connectivity index (χ0n) is 17.6. The number of nitrogens with zero attached hydrogens (tertiary/aromatic N) is 2. The number of methoxy groups -OCH3 is 2. The van der Waals surface area contributed by atoms with Crippen molar-refractivity contribution in [3.63, 3.8) is 0 Å². The Morgan fingerprint density at radius 1 is 0.594 bits per heavy atom. The highest BCUT2D eigenvalue weighted by molar-refractivity contribution is 5.98. The first-order chi connectivity index (χ1) is 15.6. The summed E-state index contributed by atoms with van der Waals surface area (Å²) in [6.45, 7) is 0. The summed E-state index contributed by atoms with van der Waals surface area (Å²) in [5, 5.41) is 0. The van der Waals surface area contributed by atoms with Crippen LogP contribution in [0, 0.1) is 0 Å². The van der Waals surface area contributed by atoms with Crippen LogP contribution >= 0.6 is 0 Å². The van der Waals surface area contributed by atoms with E-state index < -0.39 is 11.9 Å². The van der Waals surface area contributed by atoms with Gasteiger partial charge in [0, 0.05) is 23.5 Å². The molecule has 0 spiro atoms. The van der Waals surface area contributed by atoms with Gasteiger partial charge < -0.3 is 9.47 Å². The second kappa shape index (κ2) is 9.22. The Hall–Kier alpha value is -4.32. The van der Waals surface area contributed by atoms with Crippen LogP contribution in [-0.2, 0) is 9.47 Å². The minimum absolute atomic E-state index is 0.419. The molecule has 0 aliphatic carbocycles. The minimum Gasteiger partial charge on any atom is -0.465 e. The topological polar surface area (TPSA) is 78.4 Å². The Labute approximate surface area is 185 Å². The summed E-state index contributed by atoms with van der Waals surface area (Å²) >= 11 is 0. The molecule has 0 aliphatic heterocycles. The van der Waals surface area contributed by atoms with E-state index in [1.807, 2.05) is 48.5 Å². The average molecular weight is 424 g/mol. The Bertz CT molecular complexity index is 1170. The highest BCUT2D eigenvalue weighted by Crippen LogP contribution is 2.38. The number of hydrogen-bond acceptors (Lipinski definition) is 6. The summed E-state index contributed by atoms with van der Waals surface area (Å²) in [6, 6.07) is 21.9. The van der Waals surface area contributed by atoms with Crippen LogP contribution in [0.2, 0.25) is 0 Å². The van der Waals surface area contributed by atoms with Crippen molar-refractivity contribution >= 4 is 11.9 Å². The van der Waals surface area contributed by atoms with Crippen molar-refractivity contribution in [2.24, 2.45) is 0 Å². The normalized spacial score (nSPS) is 10.4. The van der Waals surface area contributed by atoms with E-state index in [4.69, 9.17) is 9.47 Å². The Balaban J connectivity index is 1.99. The van der Waals surface area contributed by atoms with Gasteiger partial charge in [-0.2, -0.15) is 0 Å². The van der Waals surface area contributed by atoms with Gasteiger partial charge in [0.2, 0.25) is 0 Å². The van der Waals surface area contributed by atoms with Crippen molar-refractivity contribution in [1.82, 2.24) is 9.97 Å². The second-order valence-electron chi connectivity index (χ2n) is 6.93. The molecule has 0 amide bonds. The third kappa shape index (κ3) is 4.11. The van der Waals surface area contributed by atoms with Crippen LogP contribution in [0.15, 0.2) is 85.2 Å². The van der Waals surface area contributed by atoms with Crippen molar-refractivity contribution in [2.75, 3.05) is 14.2 Å². The van der Waals surface area contributed by atoms with Gasteiger partial charge in [-0.25, -0.2) is 9.59 Å². The molecule has 32 heavy (non-hydrogen) atoms. The second-order valence-corrected chi connectivity index (χ2v) is 6.93. The highest BCUT2D eigenvalue weighted by atomic mass is 16.5. The summed E-state index contributed by atoms with van der Waals surface area (Å²) in [5.74, 6) is -0.862. The molecule has 6 heteroatoms. The number of rotatable bonds is 5. The van der Waals surface area contributed by atoms with Crippen LogP contribution in [0.1, 0.15) is 20.7 Å². The molecule has 0 saturated heterocycles. The number of aromatic nitrogens is 2. The van der Waals surface area contributed by atoms with E-state index in [2.05, 4.69) is 9.97 Å². The van der Waals surface area contributed by atoms with Gasteiger partial charge in [-0.15, -0.1) is 0 Å². The molecule has 2 heterocycles. The molecule has 0 N–H and O–H groups in total. The first-order valence-corrected chi connectivity index (χ1v) is 9.90. The van der Waals surface area contributed by atoms with Crippen LogP contribution in [-0.4, -0.2) is 36.1 Å². The molecule has 158 valence electrons. The van der Waals surface area contributed by atoms with Gasteiger partial charge in [-0.05, 0) is 59.7 Å². The fraction of sp³-hybridized carbons (Fsp3) is 0.0769. The van der Waals surface area contributed by atoms with Gasteiger partial charge in [0.05, 0.1) is 36.7 Å². The van der Waals surface area contributed by atoms with Crippen molar-refractivity contribution in [1.29, 1.82) is 0 Å². The Kier molecular flexibility index (Phi) is 6.03. The number of carbonyl (C=O) groups is 2. The highest BCUT2D eigenvalue weighted by Gasteiger charge is 2.18. The average Bonchev–Trinajstić information content (AvgIpc) is 2.88. The summed E-state index contributed by atoms with van der Waals surface area (Å²) < 4.78 is 9.80. The molecule has 2 aromatic heterocycles. The van der Waals surface area contributed by atoms with Crippen molar-refractivity contribution in [3.05, 3.63) is 96.3 Å². The lowest BCUT2D eigenvalue weighted by atomic mass is 9.90. The lowest BCUT2D eigenvalue weighted by molar-refractivity contribution is 0.0592. The molecule has 4 rings (SSSR count). The molecule has 0 atom stereocenters. The van der Waals surface area contributed by atoms with Crippen LogP contribution < -0.4 is 0 Å². The quantitative estimate of drug-likeness (QED) is 0.417. The minimum atomic E-state index is -0.431. The standard InChI is InChI=1S/C26H20N2O4/c1-31-25(29)17-9-11-19(21(15-17)23-7-3-5-13-27-23)20-12-10-18(26(30)32-2)16-22(20)24-8-4-6-14-28-24/h3-16H,1-2H3. The number of carbonyl (C=O) groups excluding carboxylic acids is 2. The fourth-order valence-electron chi connectivity index (χ4n) is 3.52. The number of benzene rings is 2.